The average Bonchev–Trinajstić information content (AvgIpc) is 2.74. The van der Waals surface area contributed by atoms with E-state index in [1.165, 1.54) is 5.70 Å². The summed E-state index contributed by atoms with van der Waals surface area (Å²) in [6.45, 7) is 0. The van der Waals surface area contributed by atoms with E-state index in [4.69, 9.17) is 0 Å². The molecule has 0 spiro atoms. The van der Waals surface area contributed by atoms with Gasteiger partial charge in [-0.25, -0.2) is 0 Å². The number of nitrogens with zero attached hydrogens (tertiary/aromatic N) is 4. The zero-order valence-corrected chi connectivity index (χ0v) is 12.3. The van der Waals surface area contributed by atoms with Crippen LogP contribution in [0.2, 0.25) is 0 Å². The van der Waals surface area contributed by atoms with Crippen LogP contribution in [0.3, 0.4) is 0 Å². The fourth-order valence-electron chi connectivity index (χ4n) is 2.10. The second kappa shape index (κ2) is 6.75. The lowest BCUT2D eigenvalue weighted by atomic mass is 10.0. The van der Waals surface area contributed by atoms with Gasteiger partial charge in [0.15, 0.2) is 11.4 Å². The largest absolute Gasteiger partial charge is 0.673 e. The highest BCUT2D eigenvalue weighted by Crippen LogP contribution is 2.28. The van der Waals surface area contributed by atoms with Gasteiger partial charge in [-0.05, 0) is 0 Å². The third-order valence-electron chi connectivity index (χ3n) is 2.64. The predicted octanol–water partition coefficient (Wildman–Crippen LogP) is 1.74. The molecule has 0 saturated carbocycles. The van der Waals surface area contributed by atoms with Crippen molar-refractivity contribution < 1.29 is 22.7 Å². The molecule has 0 unspecified atom stereocenters. The van der Waals surface area contributed by atoms with E-state index in [1.54, 1.807) is 0 Å². The first-order valence-corrected chi connectivity index (χ1v) is 6.21. The number of halogens is 4. The zero-order valence-electron chi connectivity index (χ0n) is 12.3. The smallest absolute Gasteiger partial charge is 0.418 e. The molecular formula is C11H18BF4N5. The van der Waals surface area contributed by atoms with E-state index >= 15 is 0 Å². The summed E-state index contributed by atoms with van der Waals surface area (Å²) in [4.78, 5) is 4.20. The fraction of sp³-hybridized carbons (Fsp3) is 0.455. The molecule has 0 amide bonds. The fourth-order valence-corrected chi connectivity index (χ4v) is 2.10. The number of nitrogens with two attached hydrogens (primary N) is 1. The Balaban J connectivity index is 0.000000383. The molecule has 2 rings (SSSR count). The van der Waals surface area contributed by atoms with Crippen LogP contribution in [0.15, 0.2) is 45.3 Å². The summed E-state index contributed by atoms with van der Waals surface area (Å²) in [7, 11) is 2.17. The second-order valence-electron chi connectivity index (χ2n) is 4.85. The average molecular weight is 307 g/mol. The predicted molar refractivity (Wildman–Crippen MR) is 72.2 cm³/mol. The Morgan fingerprint density at radius 1 is 1.14 bits per heavy atom. The first-order valence-electron chi connectivity index (χ1n) is 6.21. The normalized spacial score (nSPS) is 16.5. The molecule has 0 radical (unpaired) electrons. The molecule has 1 aliphatic heterocycles. The molecule has 2 aliphatic rings. The number of hydrogen-bond donors (Lipinski definition) is 1. The van der Waals surface area contributed by atoms with Crippen molar-refractivity contribution in [3.8, 4) is 0 Å². The lowest BCUT2D eigenvalue weighted by molar-refractivity contribution is -0.615. The summed E-state index contributed by atoms with van der Waals surface area (Å²) in [6, 6.07) is 0. The molecule has 0 saturated heterocycles. The summed E-state index contributed by atoms with van der Waals surface area (Å²) in [6.07, 6.45) is 5.22. The maximum atomic E-state index is 9.75. The molecule has 0 bridgehead atoms. The van der Waals surface area contributed by atoms with Crippen LogP contribution in [0.5, 0.6) is 0 Å². The van der Waals surface area contributed by atoms with Gasteiger partial charge in [0.2, 0.25) is 0 Å². The highest BCUT2D eigenvalue weighted by atomic mass is 19.5. The Morgan fingerprint density at radius 3 is 2.14 bits per heavy atom. The van der Waals surface area contributed by atoms with Gasteiger partial charge in [0.25, 0.3) is 0 Å². The Hall–Kier alpha value is -1.84. The lowest BCUT2D eigenvalue weighted by Crippen LogP contribution is -2.74. The third-order valence-corrected chi connectivity index (χ3v) is 2.64. The zero-order chi connectivity index (χ0) is 16.2. The van der Waals surface area contributed by atoms with Crippen LogP contribution in [-0.2, 0) is 0 Å². The van der Waals surface area contributed by atoms with Gasteiger partial charge in [-0.1, -0.05) is 17.3 Å². The van der Waals surface area contributed by atoms with Gasteiger partial charge in [0.1, 0.15) is 5.82 Å². The van der Waals surface area contributed by atoms with E-state index in [0.717, 1.165) is 23.5 Å². The molecule has 1 aliphatic carbocycles. The van der Waals surface area contributed by atoms with Crippen molar-refractivity contribution in [2.45, 2.75) is 6.42 Å². The minimum Gasteiger partial charge on any atom is -0.418 e. The molecule has 0 aromatic carbocycles. The van der Waals surface area contributed by atoms with Crippen molar-refractivity contribution in [2.24, 2.45) is 10.3 Å². The van der Waals surface area contributed by atoms with Crippen molar-refractivity contribution in [3.05, 3.63) is 34.9 Å². The summed E-state index contributed by atoms with van der Waals surface area (Å²) in [5.41, 5.74) is 5.22. The lowest BCUT2D eigenvalue weighted by Gasteiger charge is -2.27. The summed E-state index contributed by atoms with van der Waals surface area (Å²) >= 11 is 0. The quantitative estimate of drug-likeness (QED) is 0.480. The monoisotopic (exact) mass is 307 g/mol. The third kappa shape index (κ3) is 5.22. The van der Waals surface area contributed by atoms with Crippen molar-refractivity contribution in [1.29, 1.82) is 0 Å². The molecule has 1 heterocycles. The van der Waals surface area contributed by atoms with Gasteiger partial charge in [-0.3, -0.25) is 0 Å². The van der Waals surface area contributed by atoms with Crippen molar-refractivity contribution >= 4 is 7.25 Å². The molecule has 0 aromatic heterocycles. The highest BCUT2D eigenvalue weighted by molar-refractivity contribution is 6.50. The van der Waals surface area contributed by atoms with Crippen LogP contribution in [0, 0.1) is 0 Å². The second-order valence-corrected chi connectivity index (χ2v) is 4.85. The maximum absolute atomic E-state index is 9.75. The highest BCUT2D eigenvalue weighted by Gasteiger charge is 2.26. The van der Waals surface area contributed by atoms with Gasteiger partial charge in [0, 0.05) is 45.4 Å². The summed E-state index contributed by atoms with van der Waals surface area (Å²) in [5.74, 6) is 1.15. The van der Waals surface area contributed by atoms with E-state index in [0.29, 0.717) is 0 Å². The first kappa shape index (κ1) is 17.2. The topological polar surface area (TPSA) is 47.8 Å². The van der Waals surface area contributed by atoms with Crippen LogP contribution >= 0.6 is 0 Å². The number of allylic oxidation sites excluding steroid dienone is 2. The van der Waals surface area contributed by atoms with E-state index in [-0.39, 0.29) is 0 Å². The van der Waals surface area contributed by atoms with Crippen LogP contribution in [0.25, 0.3) is 0 Å². The molecule has 0 aromatic rings. The first-order chi connectivity index (χ1) is 9.61. The Bertz CT molecular complexity index is 489. The van der Waals surface area contributed by atoms with Crippen molar-refractivity contribution in [2.75, 3.05) is 28.2 Å². The summed E-state index contributed by atoms with van der Waals surface area (Å²) < 4.78 is 39.0. The molecular weight excluding hydrogens is 289 g/mol. The van der Waals surface area contributed by atoms with Crippen LogP contribution in [0.4, 0.5) is 17.3 Å². The van der Waals surface area contributed by atoms with Crippen LogP contribution < -0.4 is 5.43 Å². The van der Waals surface area contributed by atoms with Crippen LogP contribution in [-0.4, -0.2) is 45.2 Å². The van der Waals surface area contributed by atoms with Gasteiger partial charge >= 0.3 is 7.25 Å². The van der Waals surface area contributed by atoms with Crippen molar-refractivity contribution in [3.63, 3.8) is 0 Å². The number of rotatable bonds is 2. The van der Waals surface area contributed by atoms with Crippen LogP contribution in [0.1, 0.15) is 6.42 Å². The van der Waals surface area contributed by atoms with Gasteiger partial charge in [-0.15, -0.1) is 0 Å². The van der Waals surface area contributed by atoms with E-state index < -0.39 is 7.25 Å². The van der Waals surface area contributed by atoms with Gasteiger partial charge < -0.3 is 27.1 Å². The molecule has 0 atom stereocenters. The Kier molecular flexibility index (Phi) is 5.53. The number of quaternary nitrogens is 1. The van der Waals surface area contributed by atoms with Gasteiger partial charge in [-0.2, -0.15) is 5.43 Å². The molecule has 10 heteroatoms. The van der Waals surface area contributed by atoms with E-state index in [9.17, 15) is 17.3 Å². The molecule has 0 fully saturated rings. The molecule has 118 valence electrons. The van der Waals surface area contributed by atoms with Crippen molar-refractivity contribution in [1.82, 2.24) is 9.80 Å². The standard InChI is InChI=1S/C11H17N5.BF4/c1-15(2)11(16(3)4)8-6-5-7-9-10(8)13-14-12-9;2-1(3,4)5/h5-6H,7H2,1-4H3,(H,12,13,14);/q;-1/p+1. The minimum atomic E-state index is -6.00. The molecule has 5 nitrogen and oxygen atoms in total. The molecule has 2 N–H and O–H groups in total. The number of hydrogen-bond acceptors (Lipinski definition) is 4. The summed E-state index contributed by atoms with van der Waals surface area (Å²) in [5, 5.41) is 8.21. The maximum Gasteiger partial charge on any atom is 0.673 e. The Morgan fingerprint density at radius 2 is 1.67 bits per heavy atom. The minimum absolute atomic E-state index is 0.931. The van der Waals surface area contributed by atoms with E-state index in [2.05, 4.69) is 32.3 Å². The van der Waals surface area contributed by atoms with E-state index in [1.807, 2.05) is 33.6 Å². The Labute approximate surface area is 120 Å². The van der Waals surface area contributed by atoms with Gasteiger partial charge in [0.05, 0.1) is 0 Å². The molecule has 21 heavy (non-hydrogen) atoms. The SMILES string of the molecule is CN(C)C(=C1C=CCC2=C1N=N[NH2+]2)N(C)C.F[B-](F)(F)F.